The van der Waals surface area contributed by atoms with E-state index in [0.717, 1.165) is 18.7 Å². The summed E-state index contributed by atoms with van der Waals surface area (Å²) in [6.07, 6.45) is 3.23. The molecule has 0 bridgehead atoms. The van der Waals surface area contributed by atoms with Crippen LogP contribution in [-0.4, -0.2) is 54.8 Å². The number of aromatic nitrogens is 2. The molecule has 0 amide bonds. The molecule has 1 aromatic heterocycles. The fourth-order valence-corrected chi connectivity index (χ4v) is 3.94. The van der Waals surface area contributed by atoms with Gasteiger partial charge in [0.15, 0.2) is 0 Å². The van der Waals surface area contributed by atoms with Crippen LogP contribution in [0.5, 0.6) is 0 Å². The zero-order chi connectivity index (χ0) is 13.3. The highest BCUT2D eigenvalue weighted by Gasteiger charge is 2.29. The van der Waals surface area contributed by atoms with Gasteiger partial charge in [0, 0.05) is 44.0 Å². The van der Waals surface area contributed by atoms with Crippen LogP contribution in [0.25, 0.3) is 0 Å². The maximum Gasteiger partial charge on any atom is 0.279 e. The van der Waals surface area contributed by atoms with Crippen LogP contribution in [0, 0.1) is 0 Å². The number of aryl methyl sites for hydroxylation is 1. The SMILES string of the molecule is O=S(=O)(N[C@@H]1CCn2nccc2C1)N1CCOCC1. The molecule has 3 heterocycles. The first-order chi connectivity index (χ1) is 9.15. The van der Waals surface area contributed by atoms with Gasteiger partial charge in [0.2, 0.25) is 0 Å². The summed E-state index contributed by atoms with van der Waals surface area (Å²) in [5.41, 5.74) is 1.08. The molecule has 1 N–H and O–H groups in total. The summed E-state index contributed by atoms with van der Waals surface area (Å²) in [7, 11) is -3.39. The van der Waals surface area contributed by atoms with Gasteiger partial charge in [0.1, 0.15) is 0 Å². The maximum absolute atomic E-state index is 12.2. The number of rotatable bonds is 3. The lowest BCUT2D eigenvalue weighted by Gasteiger charge is -2.30. The van der Waals surface area contributed by atoms with Crippen LogP contribution in [0.2, 0.25) is 0 Å². The summed E-state index contributed by atoms with van der Waals surface area (Å²) in [6.45, 7) is 2.56. The van der Waals surface area contributed by atoms with Gasteiger partial charge in [-0.3, -0.25) is 4.68 Å². The fourth-order valence-electron chi connectivity index (χ4n) is 2.54. The highest BCUT2D eigenvalue weighted by atomic mass is 32.2. The van der Waals surface area contributed by atoms with E-state index >= 15 is 0 Å². The van der Waals surface area contributed by atoms with Gasteiger partial charge in [-0.1, -0.05) is 0 Å². The van der Waals surface area contributed by atoms with Crippen LogP contribution in [0.4, 0.5) is 0 Å². The van der Waals surface area contributed by atoms with Crippen molar-refractivity contribution in [2.45, 2.75) is 25.4 Å². The Morgan fingerprint density at radius 2 is 2.11 bits per heavy atom. The van der Waals surface area contributed by atoms with Crippen LogP contribution in [0.3, 0.4) is 0 Å². The van der Waals surface area contributed by atoms with Gasteiger partial charge in [-0.05, 0) is 12.5 Å². The highest BCUT2D eigenvalue weighted by molar-refractivity contribution is 7.87. The van der Waals surface area contributed by atoms with E-state index in [9.17, 15) is 8.42 Å². The molecule has 2 aliphatic heterocycles. The molecule has 0 aromatic carbocycles. The average Bonchev–Trinajstić information content (AvgIpc) is 2.87. The Labute approximate surface area is 112 Å². The van der Waals surface area contributed by atoms with Crippen molar-refractivity contribution in [3.8, 4) is 0 Å². The van der Waals surface area contributed by atoms with E-state index < -0.39 is 10.2 Å². The minimum Gasteiger partial charge on any atom is -0.379 e. The standard InChI is InChI=1S/C11H18N4O3S/c16-19(17,14-5-7-18-8-6-14)13-10-2-4-15-11(9-10)1-3-12-15/h1,3,10,13H,2,4-9H2/t10-/m1/s1. The zero-order valence-electron chi connectivity index (χ0n) is 10.7. The van der Waals surface area contributed by atoms with E-state index in [0.29, 0.717) is 32.7 Å². The van der Waals surface area contributed by atoms with Crippen molar-refractivity contribution in [2.75, 3.05) is 26.3 Å². The summed E-state index contributed by atoms with van der Waals surface area (Å²) in [6, 6.07) is 1.90. The summed E-state index contributed by atoms with van der Waals surface area (Å²) in [5.74, 6) is 0. The van der Waals surface area contributed by atoms with Crippen molar-refractivity contribution in [3.63, 3.8) is 0 Å². The number of morpholine rings is 1. The van der Waals surface area contributed by atoms with Gasteiger partial charge in [0.05, 0.1) is 13.2 Å². The molecule has 0 spiro atoms. The zero-order valence-corrected chi connectivity index (χ0v) is 11.5. The van der Waals surface area contributed by atoms with E-state index in [1.54, 1.807) is 6.20 Å². The Kier molecular flexibility index (Phi) is 3.57. The first-order valence-electron chi connectivity index (χ1n) is 6.51. The number of nitrogens with zero attached hydrogens (tertiary/aromatic N) is 3. The molecule has 0 aliphatic carbocycles. The molecule has 0 unspecified atom stereocenters. The van der Waals surface area contributed by atoms with Gasteiger partial charge in [-0.2, -0.15) is 22.5 Å². The van der Waals surface area contributed by atoms with E-state index in [1.807, 2.05) is 10.7 Å². The first kappa shape index (κ1) is 13.0. The molecule has 7 nitrogen and oxygen atoms in total. The molecular weight excluding hydrogens is 268 g/mol. The molecule has 0 radical (unpaired) electrons. The molecule has 1 atom stereocenters. The minimum absolute atomic E-state index is 0.0444. The monoisotopic (exact) mass is 286 g/mol. The van der Waals surface area contributed by atoms with E-state index in [-0.39, 0.29) is 6.04 Å². The number of fused-ring (bicyclic) bond motifs is 1. The Bertz CT molecular complexity index is 536. The normalized spacial score (nSPS) is 25.2. The van der Waals surface area contributed by atoms with Gasteiger partial charge < -0.3 is 4.74 Å². The van der Waals surface area contributed by atoms with Gasteiger partial charge in [-0.25, -0.2) is 0 Å². The quantitative estimate of drug-likeness (QED) is 0.802. The van der Waals surface area contributed by atoms with Crippen LogP contribution in [-0.2, 0) is 27.9 Å². The van der Waals surface area contributed by atoms with Crippen molar-refractivity contribution in [1.29, 1.82) is 0 Å². The lowest BCUT2D eigenvalue weighted by Crippen LogP contribution is -2.51. The highest BCUT2D eigenvalue weighted by Crippen LogP contribution is 2.15. The van der Waals surface area contributed by atoms with E-state index in [4.69, 9.17) is 4.74 Å². The second-order valence-electron chi connectivity index (χ2n) is 4.87. The van der Waals surface area contributed by atoms with Gasteiger partial charge in [-0.15, -0.1) is 0 Å². The number of nitrogens with one attached hydrogen (secondary N) is 1. The molecule has 0 saturated carbocycles. The van der Waals surface area contributed by atoms with Crippen molar-refractivity contribution >= 4 is 10.2 Å². The molecule has 2 aliphatic rings. The first-order valence-corrected chi connectivity index (χ1v) is 7.95. The Hall–Kier alpha value is -0.960. The summed E-state index contributed by atoms with van der Waals surface area (Å²) < 4.78 is 35.8. The number of hydrogen-bond donors (Lipinski definition) is 1. The Balaban J connectivity index is 1.65. The largest absolute Gasteiger partial charge is 0.379 e. The van der Waals surface area contributed by atoms with E-state index in [2.05, 4.69) is 9.82 Å². The van der Waals surface area contributed by atoms with Gasteiger partial charge in [0.25, 0.3) is 10.2 Å². The third-order valence-electron chi connectivity index (χ3n) is 3.57. The third-order valence-corrected chi connectivity index (χ3v) is 5.25. The van der Waals surface area contributed by atoms with Crippen LogP contribution >= 0.6 is 0 Å². The lowest BCUT2D eigenvalue weighted by molar-refractivity contribution is 0.0722. The Morgan fingerprint density at radius 3 is 2.89 bits per heavy atom. The second-order valence-corrected chi connectivity index (χ2v) is 6.57. The second kappa shape index (κ2) is 5.20. The minimum atomic E-state index is -3.39. The molecule has 1 fully saturated rings. The lowest BCUT2D eigenvalue weighted by atomic mass is 10.1. The van der Waals surface area contributed by atoms with Crippen molar-refractivity contribution in [3.05, 3.63) is 18.0 Å². The smallest absolute Gasteiger partial charge is 0.279 e. The maximum atomic E-state index is 12.2. The molecule has 8 heteroatoms. The molecule has 19 heavy (non-hydrogen) atoms. The van der Waals surface area contributed by atoms with Crippen molar-refractivity contribution in [2.24, 2.45) is 0 Å². The molecule has 3 rings (SSSR count). The fraction of sp³-hybridized carbons (Fsp3) is 0.727. The van der Waals surface area contributed by atoms with Crippen molar-refractivity contribution < 1.29 is 13.2 Å². The molecule has 1 aromatic rings. The van der Waals surface area contributed by atoms with Crippen LogP contribution in [0.15, 0.2) is 12.3 Å². The topological polar surface area (TPSA) is 76.5 Å². The molecule has 1 saturated heterocycles. The van der Waals surface area contributed by atoms with Crippen molar-refractivity contribution in [1.82, 2.24) is 18.8 Å². The average molecular weight is 286 g/mol. The number of ether oxygens (including phenoxy) is 1. The van der Waals surface area contributed by atoms with Crippen LogP contribution < -0.4 is 4.72 Å². The Morgan fingerprint density at radius 1 is 1.32 bits per heavy atom. The third kappa shape index (κ3) is 2.81. The van der Waals surface area contributed by atoms with E-state index in [1.165, 1.54) is 4.31 Å². The molecule has 106 valence electrons. The predicted octanol–water partition coefficient (Wildman–Crippen LogP) is -0.635. The predicted molar refractivity (Wildman–Crippen MR) is 68.8 cm³/mol. The molecular formula is C11H18N4O3S. The summed E-state index contributed by atoms with van der Waals surface area (Å²) in [5, 5.41) is 4.19. The van der Waals surface area contributed by atoms with Crippen LogP contribution in [0.1, 0.15) is 12.1 Å². The number of hydrogen-bond acceptors (Lipinski definition) is 4. The summed E-state index contributed by atoms with van der Waals surface area (Å²) in [4.78, 5) is 0. The summed E-state index contributed by atoms with van der Waals surface area (Å²) >= 11 is 0. The van der Waals surface area contributed by atoms with Gasteiger partial charge >= 0.3 is 0 Å².